The van der Waals surface area contributed by atoms with E-state index in [-0.39, 0.29) is 5.91 Å². The second kappa shape index (κ2) is 6.16. The second-order valence-corrected chi connectivity index (χ2v) is 6.97. The number of fused-ring (bicyclic) bond motifs is 1. The molecule has 1 saturated carbocycles. The van der Waals surface area contributed by atoms with Gasteiger partial charge in [0.2, 0.25) is 0 Å². The highest BCUT2D eigenvalue weighted by atomic mass is 16.7. The Hall–Kier alpha value is -3.28. The van der Waals surface area contributed by atoms with E-state index in [0.29, 0.717) is 17.1 Å². The van der Waals surface area contributed by atoms with Crippen molar-refractivity contribution in [2.45, 2.75) is 31.5 Å². The van der Waals surface area contributed by atoms with E-state index >= 15 is 0 Å². The molecule has 1 aliphatic carbocycles. The van der Waals surface area contributed by atoms with Gasteiger partial charge < -0.3 is 14.8 Å². The van der Waals surface area contributed by atoms with Gasteiger partial charge in [0.05, 0.1) is 5.69 Å². The minimum absolute atomic E-state index is 0.251. The zero-order valence-electron chi connectivity index (χ0n) is 14.7. The van der Waals surface area contributed by atoms with Gasteiger partial charge in [-0.05, 0) is 31.0 Å². The Morgan fingerprint density at radius 3 is 2.59 bits per heavy atom. The van der Waals surface area contributed by atoms with Crippen LogP contribution in [0.2, 0.25) is 0 Å². The zero-order chi connectivity index (χ0) is 18.3. The molecule has 5 rings (SSSR count). The van der Waals surface area contributed by atoms with E-state index in [1.54, 1.807) is 6.07 Å². The molecule has 0 atom stereocenters. The summed E-state index contributed by atoms with van der Waals surface area (Å²) in [4.78, 5) is 12.6. The van der Waals surface area contributed by atoms with Gasteiger partial charge in [0.1, 0.15) is 5.69 Å². The first-order valence-electron chi connectivity index (χ1n) is 9.15. The van der Waals surface area contributed by atoms with Crippen LogP contribution in [0.4, 0.5) is 5.69 Å². The highest BCUT2D eigenvalue weighted by molar-refractivity contribution is 6.03. The molecule has 6 heteroatoms. The number of aromatic nitrogens is 2. The van der Waals surface area contributed by atoms with Crippen molar-refractivity contribution in [2.75, 3.05) is 5.32 Å². The number of nitrogens with zero attached hydrogens (tertiary/aromatic N) is 1. The van der Waals surface area contributed by atoms with Crippen LogP contribution in [0.3, 0.4) is 0 Å². The Kier molecular flexibility index (Phi) is 3.63. The second-order valence-electron chi connectivity index (χ2n) is 6.97. The lowest BCUT2D eigenvalue weighted by molar-refractivity contribution is -0.0716. The molecule has 3 aromatic rings. The van der Waals surface area contributed by atoms with Gasteiger partial charge >= 0.3 is 0 Å². The predicted octanol–water partition coefficient (Wildman–Crippen LogP) is 4.37. The normalized spacial score (nSPS) is 16.6. The minimum Gasteiger partial charge on any atom is -0.448 e. The number of anilines is 1. The van der Waals surface area contributed by atoms with Gasteiger partial charge in [-0.1, -0.05) is 30.3 Å². The van der Waals surface area contributed by atoms with Crippen LogP contribution in [0.5, 0.6) is 11.5 Å². The standard InChI is InChI=1S/C21H19N3O3/c25-20(17-13-16(23-24-17)14-6-2-1-3-7-14)22-15-8-9-18-19(12-15)27-21(26-18)10-4-5-11-21/h1-3,6-9,12-13H,4-5,10-11H2,(H,22,25)(H,23,24). The molecule has 1 amide bonds. The lowest BCUT2D eigenvalue weighted by Gasteiger charge is -2.21. The minimum atomic E-state index is -0.501. The molecule has 6 nitrogen and oxygen atoms in total. The summed E-state index contributed by atoms with van der Waals surface area (Å²) < 4.78 is 12.1. The number of ether oxygens (including phenoxy) is 2. The van der Waals surface area contributed by atoms with Gasteiger partial charge in [-0.15, -0.1) is 0 Å². The fourth-order valence-corrected chi connectivity index (χ4v) is 3.68. The van der Waals surface area contributed by atoms with Crippen LogP contribution in [0.15, 0.2) is 54.6 Å². The summed E-state index contributed by atoms with van der Waals surface area (Å²) in [6.45, 7) is 0. The molecule has 2 aliphatic rings. The first-order chi connectivity index (χ1) is 13.2. The number of carbonyl (C=O) groups is 1. The quantitative estimate of drug-likeness (QED) is 0.726. The first kappa shape index (κ1) is 15.9. The topological polar surface area (TPSA) is 76.2 Å². The summed E-state index contributed by atoms with van der Waals surface area (Å²) in [6, 6.07) is 17.0. The van der Waals surface area contributed by atoms with Crippen molar-refractivity contribution < 1.29 is 14.3 Å². The van der Waals surface area contributed by atoms with Gasteiger partial charge in [0, 0.05) is 30.2 Å². The Bertz CT molecular complexity index is 991. The third-order valence-electron chi connectivity index (χ3n) is 5.05. The highest BCUT2D eigenvalue weighted by Crippen LogP contribution is 2.47. The summed E-state index contributed by atoms with van der Waals surface area (Å²) in [5.41, 5.74) is 2.75. The largest absolute Gasteiger partial charge is 0.448 e. The van der Waals surface area contributed by atoms with Gasteiger partial charge in [-0.2, -0.15) is 5.10 Å². The summed E-state index contributed by atoms with van der Waals surface area (Å²) in [6.07, 6.45) is 4.03. The number of H-pyrrole nitrogens is 1. The number of rotatable bonds is 3. The van der Waals surface area contributed by atoms with Crippen molar-refractivity contribution in [3.63, 3.8) is 0 Å². The molecule has 27 heavy (non-hydrogen) atoms. The van der Waals surface area contributed by atoms with Crippen LogP contribution >= 0.6 is 0 Å². The van der Waals surface area contributed by atoms with Crippen LogP contribution in [0.1, 0.15) is 36.2 Å². The van der Waals surface area contributed by atoms with Crippen LogP contribution in [-0.2, 0) is 0 Å². The maximum absolute atomic E-state index is 12.6. The average molecular weight is 361 g/mol. The number of carbonyl (C=O) groups excluding carboxylic acids is 1. The number of nitrogens with one attached hydrogen (secondary N) is 2. The van der Waals surface area contributed by atoms with Crippen molar-refractivity contribution in [2.24, 2.45) is 0 Å². The van der Waals surface area contributed by atoms with Crippen molar-refractivity contribution in [3.8, 4) is 22.8 Å². The Balaban J connectivity index is 1.32. The molecule has 1 fully saturated rings. The monoisotopic (exact) mass is 361 g/mol. The molecule has 2 aromatic carbocycles. The van der Waals surface area contributed by atoms with Crippen molar-refractivity contribution >= 4 is 11.6 Å². The van der Waals surface area contributed by atoms with Gasteiger partial charge in [-0.3, -0.25) is 9.89 Å². The molecular formula is C21H19N3O3. The summed E-state index contributed by atoms with van der Waals surface area (Å²) in [5, 5.41) is 9.91. The third-order valence-corrected chi connectivity index (χ3v) is 5.05. The molecule has 1 aromatic heterocycles. The molecular weight excluding hydrogens is 342 g/mol. The van der Waals surface area contributed by atoms with E-state index in [0.717, 1.165) is 42.7 Å². The number of amides is 1. The molecule has 1 spiro atoms. The fraction of sp³-hybridized carbons (Fsp3) is 0.238. The van der Waals surface area contributed by atoms with Gasteiger partial charge in [-0.25, -0.2) is 0 Å². The lowest BCUT2D eigenvalue weighted by atomic mass is 10.1. The van der Waals surface area contributed by atoms with E-state index in [1.807, 2.05) is 48.5 Å². The van der Waals surface area contributed by atoms with Crippen molar-refractivity contribution in [1.82, 2.24) is 10.2 Å². The first-order valence-corrected chi connectivity index (χ1v) is 9.15. The Labute approximate surface area is 156 Å². The maximum Gasteiger partial charge on any atom is 0.273 e. The van der Waals surface area contributed by atoms with Crippen LogP contribution in [0.25, 0.3) is 11.3 Å². The van der Waals surface area contributed by atoms with E-state index in [4.69, 9.17) is 9.47 Å². The highest BCUT2D eigenvalue weighted by Gasteiger charge is 2.44. The Morgan fingerprint density at radius 2 is 1.78 bits per heavy atom. The van der Waals surface area contributed by atoms with E-state index in [2.05, 4.69) is 15.5 Å². The molecule has 0 saturated heterocycles. The van der Waals surface area contributed by atoms with E-state index in [9.17, 15) is 4.79 Å². The molecule has 136 valence electrons. The van der Waals surface area contributed by atoms with Crippen LogP contribution in [0, 0.1) is 0 Å². The van der Waals surface area contributed by atoms with Crippen molar-refractivity contribution in [3.05, 3.63) is 60.3 Å². The lowest BCUT2D eigenvalue weighted by Crippen LogP contribution is -2.34. The number of hydrogen-bond acceptors (Lipinski definition) is 4. The molecule has 2 N–H and O–H groups in total. The maximum atomic E-state index is 12.6. The van der Waals surface area contributed by atoms with Crippen LogP contribution in [-0.4, -0.2) is 21.9 Å². The smallest absolute Gasteiger partial charge is 0.273 e. The average Bonchev–Trinajstić information content (AvgIpc) is 3.42. The Morgan fingerprint density at radius 1 is 1.00 bits per heavy atom. The predicted molar refractivity (Wildman–Crippen MR) is 101 cm³/mol. The summed E-state index contributed by atoms with van der Waals surface area (Å²) in [5.74, 6) is 0.671. The number of benzene rings is 2. The van der Waals surface area contributed by atoms with Crippen molar-refractivity contribution in [1.29, 1.82) is 0 Å². The summed E-state index contributed by atoms with van der Waals surface area (Å²) >= 11 is 0. The molecule has 0 bridgehead atoms. The molecule has 0 unspecified atom stereocenters. The molecule has 0 radical (unpaired) electrons. The molecule has 2 heterocycles. The van der Waals surface area contributed by atoms with Gasteiger partial charge in [0.25, 0.3) is 11.7 Å². The molecule has 1 aliphatic heterocycles. The van der Waals surface area contributed by atoms with E-state index in [1.165, 1.54) is 0 Å². The van der Waals surface area contributed by atoms with Crippen LogP contribution < -0.4 is 14.8 Å². The number of aromatic amines is 1. The zero-order valence-corrected chi connectivity index (χ0v) is 14.7. The SMILES string of the molecule is O=C(Nc1ccc2c(c1)OC1(CCCC1)O2)c1cc(-c2ccccc2)n[nH]1. The number of hydrogen-bond donors (Lipinski definition) is 2. The van der Waals surface area contributed by atoms with Gasteiger partial charge in [0.15, 0.2) is 11.5 Å². The summed E-state index contributed by atoms with van der Waals surface area (Å²) in [7, 11) is 0. The fourth-order valence-electron chi connectivity index (χ4n) is 3.68. The van der Waals surface area contributed by atoms with E-state index < -0.39 is 5.79 Å². The third kappa shape index (κ3) is 2.93.